The summed E-state index contributed by atoms with van der Waals surface area (Å²) in [4.78, 5) is 13.8. The summed E-state index contributed by atoms with van der Waals surface area (Å²) >= 11 is 0. The second-order valence-electron chi connectivity index (χ2n) is 4.50. The van der Waals surface area contributed by atoms with Crippen molar-refractivity contribution in [1.82, 2.24) is 10.2 Å². The molecule has 3 nitrogen and oxygen atoms in total. The molecule has 80 valence electrons. The number of rotatable bonds is 2. The van der Waals surface area contributed by atoms with E-state index in [4.69, 9.17) is 0 Å². The van der Waals surface area contributed by atoms with E-state index >= 15 is 0 Å². The molecule has 1 N–H and O–H groups in total. The molecule has 0 aromatic carbocycles. The molecular weight excluding hydrogens is 176 g/mol. The summed E-state index contributed by atoms with van der Waals surface area (Å²) in [5.41, 5.74) is 0. The maximum Gasteiger partial charge on any atom is 0.240 e. The van der Waals surface area contributed by atoms with Gasteiger partial charge in [0.15, 0.2) is 0 Å². The van der Waals surface area contributed by atoms with Crippen molar-refractivity contribution in [3.63, 3.8) is 0 Å². The highest BCUT2D eigenvalue weighted by molar-refractivity contribution is 5.83. The Morgan fingerprint density at radius 3 is 2.64 bits per heavy atom. The van der Waals surface area contributed by atoms with Gasteiger partial charge in [-0.3, -0.25) is 10.1 Å². The molecule has 2 atom stereocenters. The van der Waals surface area contributed by atoms with Crippen LogP contribution < -0.4 is 5.32 Å². The van der Waals surface area contributed by atoms with E-state index in [1.807, 2.05) is 11.8 Å². The molecule has 2 aliphatic rings. The number of carbonyl (C=O) groups is 1. The standard InChI is InChI=1S/C11H20N2O/c1-3-13-10(9-6-4-5-7-9)12-8(2)11(13)14/h8-10,12H,3-7H2,1-2H3. The highest BCUT2D eigenvalue weighted by atomic mass is 16.2. The van der Waals surface area contributed by atoms with Gasteiger partial charge in [0, 0.05) is 6.54 Å². The molecular formula is C11H20N2O. The third-order valence-corrected chi connectivity index (χ3v) is 3.60. The van der Waals surface area contributed by atoms with Crippen LogP contribution in [0.4, 0.5) is 0 Å². The van der Waals surface area contributed by atoms with Crippen LogP contribution in [0.15, 0.2) is 0 Å². The van der Waals surface area contributed by atoms with Crippen LogP contribution in [0, 0.1) is 5.92 Å². The normalized spacial score (nSPS) is 34.4. The summed E-state index contributed by atoms with van der Waals surface area (Å²) in [5, 5.41) is 3.42. The number of amides is 1. The lowest BCUT2D eigenvalue weighted by Crippen LogP contribution is -2.42. The molecule has 0 radical (unpaired) electrons. The van der Waals surface area contributed by atoms with E-state index in [0.29, 0.717) is 12.1 Å². The van der Waals surface area contributed by atoms with Gasteiger partial charge in [0.1, 0.15) is 0 Å². The Bertz CT molecular complexity index is 223. The second-order valence-corrected chi connectivity index (χ2v) is 4.50. The van der Waals surface area contributed by atoms with E-state index in [1.54, 1.807) is 0 Å². The van der Waals surface area contributed by atoms with Crippen LogP contribution in [0.5, 0.6) is 0 Å². The van der Waals surface area contributed by atoms with Gasteiger partial charge in [-0.1, -0.05) is 12.8 Å². The fraction of sp³-hybridized carbons (Fsp3) is 0.909. The highest BCUT2D eigenvalue weighted by Crippen LogP contribution is 2.31. The fourth-order valence-electron chi connectivity index (χ4n) is 2.82. The molecule has 0 bridgehead atoms. The first-order valence-corrected chi connectivity index (χ1v) is 5.80. The Balaban J connectivity index is 2.07. The summed E-state index contributed by atoms with van der Waals surface area (Å²) in [7, 11) is 0. The number of likely N-dealkylation sites (N-methyl/N-ethyl adjacent to an activating group) is 1. The smallest absolute Gasteiger partial charge is 0.240 e. The average molecular weight is 196 g/mol. The number of hydrogen-bond donors (Lipinski definition) is 1. The van der Waals surface area contributed by atoms with Gasteiger partial charge in [-0.15, -0.1) is 0 Å². The lowest BCUT2D eigenvalue weighted by atomic mass is 10.0. The largest absolute Gasteiger partial charge is 0.326 e. The van der Waals surface area contributed by atoms with Gasteiger partial charge >= 0.3 is 0 Å². The van der Waals surface area contributed by atoms with Crippen molar-refractivity contribution in [3.8, 4) is 0 Å². The fourth-order valence-corrected chi connectivity index (χ4v) is 2.82. The third-order valence-electron chi connectivity index (χ3n) is 3.60. The molecule has 2 fully saturated rings. The van der Waals surface area contributed by atoms with Crippen molar-refractivity contribution in [3.05, 3.63) is 0 Å². The van der Waals surface area contributed by atoms with Gasteiger partial charge in [-0.25, -0.2) is 0 Å². The van der Waals surface area contributed by atoms with E-state index in [-0.39, 0.29) is 11.9 Å². The minimum absolute atomic E-state index is 0.0283. The molecule has 1 aliphatic carbocycles. The highest BCUT2D eigenvalue weighted by Gasteiger charge is 2.40. The van der Waals surface area contributed by atoms with E-state index < -0.39 is 0 Å². The lowest BCUT2D eigenvalue weighted by Gasteiger charge is -2.27. The predicted molar refractivity (Wildman–Crippen MR) is 55.7 cm³/mol. The van der Waals surface area contributed by atoms with Crippen molar-refractivity contribution in [2.45, 2.75) is 51.7 Å². The maximum absolute atomic E-state index is 11.8. The van der Waals surface area contributed by atoms with Crippen molar-refractivity contribution >= 4 is 5.91 Å². The zero-order valence-electron chi connectivity index (χ0n) is 9.12. The Morgan fingerprint density at radius 2 is 2.07 bits per heavy atom. The molecule has 1 amide bonds. The van der Waals surface area contributed by atoms with Crippen LogP contribution in [0.25, 0.3) is 0 Å². The van der Waals surface area contributed by atoms with Crippen LogP contribution in [-0.4, -0.2) is 29.6 Å². The maximum atomic E-state index is 11.8. The van der Waals surface area contributed by atoms with E-state index in [2.05, 4.69) is 12.2 Å². The molecule has 1 heterocycles. The minimum atomic E-state index is 0.0283. The monoisotopic (exact) mass is 196 g/mol. The quantitative estimate of drug-likeness (QED) is 0.723. The lowest BCUT2D eigenvalue weighted by molar-refractivity contribution is -0.130. The number of nitrogens with one attached hydrogen (secondary N) is 1. The van der Waals surface area contributed by atoms with Gasteiger partial charge < -0.3 is 4.90 Å². The summed E-state index contributed by atoms with van der Waals surface area (Å²) in [5.74, 6) is 0.980. The first-order chi connectivity index (χ1) is 6.74. The molecule has 0 spiro atoms. The SMILES string of the molecule is CCN1C(=O)C(C)NC1C1CCCC1. The Hall–Kier alpha value is -0.570. The second kappa shape index (κ2) is 3.89. The molecule has 14 heavy (non-hydrogen) atoms. The van der Waals surface area contributed by atoms with Crippen LogP contribution in [0.1, 0.15) is 39.5 Å². The summed E-state index contributed by atoms with van der Waals surface area (Å²) in [6.45, 7) is 4.89. The van der Waals surface area contributed by atoms with E-state index in [0.717, 1.165) is 6.54 Å². The van der Waals surface area contributed by atoms with Crippen molar-refractivity contribution in [2.75, 3.05) is 6.54 Å². The number of nitrogens with zero attached hydrogens (tertiary/aromatic N) is 1. The Morgan fingerprint density at radius 1 is 1.43 bits per heavy atom. The molecule has 3 heteroatoms. The zero-order chi connectivity index (χ0) is 10.1. The molecule has 1 saturated carbocycles. The van der Waals surface area contributed by atoms with Crippen molar-refractivity contribution < 1.29 is 4.79 Å². The number of carbonyl (C=O) groups excluding carboxylic acids is 1. The molecule has 1 aliphatic heterocycles. The van der Waals surface area contributed by atoms with Crippen molar-refractivity contribution in [1.29, 1.82) is 0 Å². The van der Waals surface area contributed by atoms with E-state index in [1.165, 1.54) is 25.7 Å². The molecule has 2 rings (SSSR count). The van der Waals surface area contributed by atoms with Gasteiger partial charge in [-0.05, 0) is 32.6 Å². The van der Waals surface area contributed by atoms with Crippen LogP contribution in [0.2, 0.25) is 0 Å². The van der Waals surface area contributed by atoms with Gasteiger partial charge in [0.2, 0.25) is 5.91 Å². The summed E-state index contributed by atoms with van der Waals surface area (Å²) in [6, 6.07) is 0.0283. The van der Waals surface area contributed by atoms with Crippen LogP contribution >= 0.6 is 0 Å². The van der Waals surface area contributed by atoms with Gasteiger partial charge in [0.05, 0.1) is 12.2 Å². The topological polar surface area (TPSA) is 32.3 Å². The van der Waals surface area contributed by atoms with Crippen LogP contribution in [-0.2, 0) is 4.79 Å². The van der Waals surface area contributed by atoms with E-state index in [9.17, 15) is 4.79 Å². The molecule has 0 aromatic rings. The first kappa shape index (κ1) is 9.97. The Labute approximate surface area is 85.8 Å². The first-order valence-electron chi connectivity index (χ1n) is 5.80. The van der Waals surface area contributed by atoms with Crippen LogP contribution in [0.3, 0.4) is 0 Å². The van der Waals surface area contributed by atoms with Gasteiger partial charge in [-0.2, -0.15) is 0 Å². The van der Waals surface area contributed by atoms with Crippen molar-refractivity contribution in [2.24, 2.45) is 5.92 Å². The molecule has 2 unspecified atom stereocenters. The predicted octanol–water partition coefficient (Wildman–Crippen LogP) is 1.34. The third kappa shape index (κ3) is 1.54. The molecule has 0 aromatic heterocycles. The average Bonchev–Trinajstić information content (AvgIpc) is 2.76. The van der Waals surface area contributed by atoms with Gasteiger partial charge in [0.25, 0.3) is 0 Å². The molecule has 1 saturated heterocycles. The summed E-state index contributed by atoms with van der Waals surface area (Å²) in [6.07, 6.45) is 5.57. The minimum Gasteiger partial charge on any atom is -0.326 e. The summed E-state index contributed by atoms with van der Waals surface area (Å²) < 4.78 is 0. The Kier molecular flexibility index (Phi) is 2.77. The number of hydrogen-bond acceptors (Lipinski definition) is 2. The zero-order valence-corrected chi connectivity index (χ0v) is 9.12.